The minimum atomic E-state index is -1.56. The summed E-state index contributed by atoms with van der Waals surface area (Å²) < 4.78 is 0. The Morgan fingerprint density at radius 1 is 1.12 bits per heavy atom. The van der Waals surface area contributed by atoms with Crippen molar-refractivity contribution in [2.45, 2.75) is 31.5 Å². The predicted molar refractivity (Wildman–Crippen MR) is 59.9 cm³/mol. The standard InChI is InChI=1S/C13H16O3/c14-12(10-4-2-1-3-5-10)11-6-8-13(15,16)9-7-11/h1-5,11,15-16H,6-9H2. The summed E-state index contributed by atoms with van der Waals surface area (Å²) in [6.07, 6.45) is 1.69. The third-order valence-electron chi connectivity index (χ3n) is 3.22. The number of hydrogen-bond donors (Lipinski definition) is 2. The van der Waals surface area contributed by atoms with E-state index in [1.807, 2.05) is 30.3 Å². The molecule has 0 unspecified atom stereocenters. The lowest BCUT2D eigenvalue weighted by atomic mass is 9.81. The molecule has 1 aromatic rings. The lowest BCUT2D eigenvalue weighted by molar-refractivity contribution is -0.183. The Bertz CT molecular complexity index is 360. The van der Waals surface area contributed by atoms with Gasteiger partial charge in [0.05, 0.1) is 0 Å². The third kappa shape index (κ3) is 2.49. The fourth-order valence-corrected chi connectivity index (χ4v) is 2.18. The van der Waals surface area contributed by atoms with E-state index in [1.165, 1.54) is 0 Å². The minimum Gasteiger partial charge on any atom is -0.366 e. The summed E-state index contributed by atoms with van der Waals surface area (Å²) in [5, 5.41) is 18.8. The van der Waals surface area contributed by atoms with E-state index in [0.717, 1.165) is 5.56 Å². The van der Waals surface area contributed by atoms with Crippen LogP contribution >= 0.6 is 0 Å². The normalized spacial score (nSPS) is 20.6. The Morgan fingerprint density at radius 2 is 1.69 bits per heavy atom. The highest BCUT2D eigenvalue weighted by molar-refractivity contribution is 5.97. The second-order valence-corrected chi connectivity index (χ2v) is 4.49. The maximum atomic E-state index is 12.0. The fourth-order valence-electron chi connectivity index (χ4n) is 2.18. The highest BCUT2D eigenvalue weighted by Gasteiger charge is 2.33. The number of aliphatic hydroxyl groups is 2. The molecule has 2 rings (SSSR count). The van der Waals surface area contributed by atoms with Gasteiger partial charge in [-0.25, -0.2) is 0 Å². The average molecular weight is 220 g/mol. The Morgan fingerprint density at radius 3 is 2.25 bits per heavy atom. The number of rotatable bonds is 2. The zero-order chi connectivity index (χ0) is 11.6. The van der Waals surface area contributed by atoms with E-state index in [9.17, 15) is 15.0 Å². The van der Waals surface area contributed by atoms with Crippen molar-refractivity contribution in [3.63, 3.8) is 0 Å². The van der Waals surface area contributed by atoms with Crippen molar-refractivity contribution in [1.29, 1.82) is 0 Å². The van der Waals surface area contributed by atoms with Crippen molar-refractivity contribution in [2.24, 2.45) is 5.92 Å². The van der Waals surface area contributed by atoms with Gasteiger partial charge < -0.3 is 10.2 Å². The first kappa shape index (κ1) is 11.3. The lowest BCUT2D eigenvalue weighted by Crippen LogP contribution is -2.35. The topological polar surface area (TPSA) is 57.5 Å². The van der Waals surface area contributed by atoms with Gasteiger partial charge in [0.2, 0.25) is 0 Å². The summed E-state index contributed by atoms with van der Waals surface area (Å²) in [5.74, 6) is -1.50. The van der Waals surface area contributed by atoms with Gasteiger partial charge in [-0.3, -0.25) is 4.79 Å². The van der Waals surface area contributed by atoms with Gasteiger partial charge in [0, 0.05) is 24.3 Å². The molecule has 0 saturated heterocycles. The SMILES string of the molecule is O=C(c1ccccc1)C1CCC(O)(O)CC1. The number of Topliss-reactive ketones (excluding diaryl/α,β-unsaturated/α-hetero) is 1. The van der Waals surface area contributed by atoms with Crippen molar-refractivity contribution < 1.29 is 15.0 Å². The molecule has 86 valence electrons. The molecule has 0 spiro atoms. The molecule has 1 saturated carbocycles. The first-order valence-electron chi connectivity index (χ1n) is 5.62. The maximum Gasteiger partial charge on any atom is 0.165 e. The van der Waals surface area contributed by atoms with Crippen LogP contribution in [0.2, 0.25) is 0 Å². The first-order valence-corrected chi connectivity index (χ1v) is 5.62. The summed E-state index contributed by atoms with van der Waals surface area (Å²) in [6, 6.07) is 9.19. The van der Waals surface area contributed by atoms with Crippen LogP contribution in [-0.2, 0) is 0 Å². The van der Waals surface area contributed by atoms with Gasteiger partial charge in [0.1, 0.15) is 0 Å². The largest absolute Gasteiger partial charge is 0.366 e. The lowest BCUT2D eigenvalue weighted by Gasteiger charge is -2.30. The molecule has 3 heteroatoms. The third-order valence-corrected chi connectivity index (χ3v) is 3.22. The van der Waals surface area contributed by atoms with Crippen molar-refractivity contribution in [3.05, 3.63) is 35.9 Å². The summed E-state index contributed by atoms with van der Waals surface area (Å²) in [6.45, 7) is 0. The second kappa shape index (κ2) is 4.36. The van der Waals surface area contributed by atoms with Gasteiger partial charge in [-0.2, -0.15) is 0 Å². The van der Waals surface area contributed by atoms with E-state index in [4.69, 9.17) is 0 Å². The molecule has 16 heavy (non-hydrogen) atoms. The Kier molecular flexibility index (Phi) is 3.08. The Hall–Kier alpha value is -1.19. The van der Waals surface area contributed by atoms with Crippen LogP contribution in [0.25, 0.3) is 0 Å². The molecule has 0 atom stereocenters. The maximum absolute atomic E-state index is 12.0. The molecule has 0 aliphatic heterocycles. The molecular weight excluding hydrogens is 204 g/mol. The van der Waals surface area contributed by atoms with Crippen molar-refractivity contribution in [3.8, 4) is 0 Å². The van der Waals surface area contributed by atoms with E-state index in [2.05, 4.69) is 0 Å². The van der Waals surface area contributed by atoms with Gasteiger partial charge in [-0.15, -0.1) is 0 Å². The molecule has 0 amide bonds. The van der Waals surface area contributed by atoms with Gasteiger partial charge in [0.25, 0.3) is 0 Å². The highest BCUT2D eigenvalue weighted by atomic mass is 16.5. The molecule has 3 nitrogen and oxygen atoms in total. The summed E-state index contributed by atoms with van der Waals surface area (Å²) in [5.41, 5.74) is 0.718. The van der Waals surface area contributed by atoms with Crippen LogP contribution in [0.15, 0.2) is 30.3 Å². The number of hydrogen-bond acceptors (Lipinski definition) is 3. The van der Waals surface area contributed by atoms with E-state index in [-0.39, 0.29) is 24.5 Å². The molecule has 1 aromatic carbocycles. The highest BCUT2D eigenvalue weighted by Crippen LogP contribution is 2.32. The van der Waals surface area contributed by atoms with Crippen LogP contribution in [0.3, 0.4) is 0 Å². The smallest absolute Gasteiger partial charge is 0.165 e. The molecule has 1 aliphatic rings. The van der Waals surface area contributed by atoms with E-state index < -0.39 is 5.79 Å². The molecule has 0 aromatic heterocycles. The van der Waals surface area contributed by atoms with Crippen molar-refractivity contribution in [2.75, 3.05) is 0 Å². The van der Waals surface area contributed by atoms with Crippen molar-refractivity contribution >= 4 is 5.78 Å². The predicted octanol–water partition coefficient (Wildman–Crippen LogP) is 1.74. The van der Waals surface area contributed by atoms with Crippen molar-refractivity contribution in [1.82, 2.24) is 0 Å². The number of carbonyl (C=O) groups is 1. The Labute approximate surface area is 94.7 Å². The molecule has 1 fully saturated rings. The molecular formula is C13H16O3. The molecule has 0 bridgehead atoms. The first-order chi connectivity index (χ1) is 7.58. The summed E-state index contributed by atoms with van der Waals surface area (Å²) in [4.78, 5) is 12.0. The van der Waals surface area contributed by atoms with E-state index in [0.29, 0.717) is 12.8 Å². The van der Waals surface area contributed by atoms with Gasteiger partial charge in [-0.1, -0.05) is 30.3 Å². The van der Waals surface area contributed by atoms with Crippen LogP contribution < -0.4 is 0 Å². The van der Waals surface area contributed by atoms with Crippen LogP contribution in [-0.4, -0.2) is 21.8 Å². The molecule has 0 heterocycles. The van der Waals surface area contributed by atoms with Gasteiger partial charge >= 0.3 is 0 Å². The average Bonchev–Trinajstić information content (AvgIpc) is 2.29. The Balaban J connectivity index is 2.03. The minimum absolute atomic E-state index is 0.0603. The van der Waals surface area contributed by atoms with E-state index >= 15 is 0 Å². The molecule has 2 N–H and O–H groups in total. The molecule has 0 radical (unpaired) electrons. The fraction of sp³-hybridized carbons (Fsp3) is 0.462. The number of carbonyl (C=O) groups excluding carboxylic acids is 1. The quantitative estimate of drug-likeness (QED) is 0.589. The zero-order valence-corrected chi connectivity index (χ0v) is 9.10. The second-order valence-electron chi connectivity index (χ2n) is 4.49. The van der Waals surface area contributed by atoms with Crippen LogP contribution in [0.1, 0.15) is 36.0 Å². The van der Waals surface area contributed by atoms with Gasteiger partial charge in [-0.05, 0) is 12.8 Å². The van der Waals surface area contributed by atoms with Crippen LogP contribution in [0, 0.1) is 5.92 Å². The summed E-state index contributed by atoms with van der Waals surface area (Å²) >= 11 is 0. The monoisotopic (exact) mass is 220 g/mol. The van der Waals surface area contributed by atoms with E-state index in [1.54, 1.807) is 0 Å². The zero-order valence-electron chi connectivity index (χ0n) is 9.10. The van der Waals surface area contributed by atoms with Crippen LogP contribution in [0.5, 0.6) is 0 Å². The summed E-state index contributed by atoms with van der Waals surface area (Å²) in [7, 11) is 0. The number of benzene rings is 1. The van der Waals surface area contributed by atoms with Crippen LogP contribution in [0.4, 0.5) is 0 Å². The number of ketones is 1. The van der Waals surface area contributed by atoms with Gasteiger partial charge in [0.15, 0.2) is 11.6 Å². The molecule has 1 aliphatic carbocycles.